The number of nitrogens with zero attached hydrogens (tertiary/aromatic N) is 1. The fourth-order valence-electron chi connectivity index (χ4n) is 2.27. The van der Waals surface area contributed by atoms with Crippen LogP contribution < -0.4 is 10.5 Å². The zero-order chi connectivity index (χ0) is 14.9. The van der Waals surface area contributed by atoms with Crippen LogP contribution in [0.5, 0.6) is 0 Å². The summed E-state index contributed by atoms with van der Waals surface area (Å²) >= 11 is 0. The number of H-pyrrole nitrogens is 1. The van der Waals surface area contributed by atoms with E-state index in [2.05, 4.69) is 15.5 Å². The van der Waals surface area contributed by atoms with E-state index in [1.807, 2.05) is 6.92 Å². The maximum Gasteiger partial charge on any atom is 0.273 e. The lowest BCUT2D eigenvalue weighted by atomic mass is 10.1. The van der Waals surface area contributed by atoms with Crippen LogP contribution in [-0.4, -0.2) is 30.6 Å². The molecule has 2 rings (SSSR count). The fraction of sp³-hybridized carbons (Fsp3) is 0.667. The van der Waals surface area contributed by atoms with E-state index < -0.39 is 15.9 Å². The minimum Gasteiger partial charge on any atom is -0.348 e. The summed E-state index contributed by atoms with van der Waals surface area (Å²) in [5, 5.41) is 14.3. The van der Waals surface area contributed by atoms with Crippen molar-refractivity contribution >= 4 is 15.9 Å². The molecular formula is C12H20N4O3S. The van der Waals surface area contributed by atoms with Crippen LogP contribution in [0.4, 0.5) is 0 Å². The number of hydrogen-bond donors (Lipinski definition) is 3. The Morgan fingerprint density at radius 1 is 1.55 bits per heavy atom. The van der Waals surface area contributed by atoms with Gasteiger partial charge in [-0.2, -0.15) is 5.10 Å². The molecular weight excluding hydrogens is 280 g/mol. The predicted molar refractivity (Wildman–Crippen MR) is 73.6 cm³/mol. The van der Waals surface area contributed by atoms with Crippen molar-refractivity contribution in [2.45, 2.75) is 50.5 Å². The van der Waals surface area contributed by atoms with Crippen molar-refractivity contribution in [2.24, 2.45) is 11.1 Å². The second-order valence-corrected chi connectivity index (χ2v) is 6.83. The number of rotatable bonds is 6. The number of carbonyl (C=O) groups excluding carboxylic acids is 1. The first-order valence-electron chi connectivity index (χ1n) is 6.73. The Balaban J connectivity index is 2.18. The van der Waals surface area contributed by atoms with Gasteiger partial charge in [0.1, 0.15) is 4.90 Å². The third-order valence-corrected chi connectivity index (χ3v) is 4.42. The summed E-state index contributed by atoms with van der Waals surface area (Å²) in [7, 11) is -3.98. The first-order chi connectivity index (χ1) is 9.32. The number of amides is 1. The molecule has 1 aliphatic rings. The molecule has 0 spiro atoms. The standard InChI is InChI=1S/C12H20N4O3S/c1-3-9-11(20(13,18)19)10(16-15-9)12(17)14-7(2)6-8-4-5-8/h7-8H,3-6H2,1-2H3,(H,14,17)(H,15,16)(H2,13,18,19). The summed E-state index contributed by atoms with van der Waals surface area (Å²) in [6.07, 6.45) is 3.71. The normalized spacial score (nSPS) is 16.9. The topological polar surface area (TPSA) is 118 Å². The molecule has 4 N–H and O–H groups in total. The van der Waals surface area contributed by atoms with Gasteiger partial charge in [-0.1, -0.05) is 19.8 Å². The summed E-state index contributed by atoms with van der Waals surface area (Å²) in [6.45, 7) is 3.67. The average Bonchev–Trinajstić information content (AvgIpc) is 3.02. The van der Waals surface area contributed by atoms with Gasteiger partial charge in [-0.3, -0.25) is 9.89 Å². The molecule has 1 aromatic rings. The Kier molecular flexibility index (Phi) is 4.14. The molecule has 20 heavy (non-hydrogen) atoms. The summed E-state index contributed by atoms with van der Waals surface area (Å²) in [5.74, 6) is 0.173. The molecule has 0 aliphatic heterocycles. The van der Waals surface area contributed by atoms with Crippen molar-refractivity contribution in [3.05, 3.63) is 11.4 Å². The van der Waals surface area contributed by atoms with Gasteiger partial charge in [0.2, 0.25) is 10.0 Å². The van der Waals surface area contributed by atoms with Crippen molar-refractivity contribution in [1.29, 1.82) is 0 Å². The number of primary sulfonamides is 1. The smallest absolute Gasteiger partial charge is 0.273 e. The van der Waals surface area contributed by atoms with Crippen molar-refractivity contribution in [3.63, 3.8) is 0 Å². The number of nitrogens with two attached hydrogens (primary N) is 1. The van der Waals surface area contributed by atoms with Gasteiger partial charge >= 0.3 is 0 Å². The highest BCUT2D eigenvalue weighted by Gasteiger charge is 2.29. The number of hydrogen-bond acceptors (Lipinski definition) is 4. The number of aryl methyl sites for hydroxylation is 1. The zero-order valence-corrected chi connectivity index (χ0v) is 12.5. The van der Waals surface area contributed by atoms with Gasteiger partial charge < -0.3 is 5.32 Å². The molecule has 1 aliphatic carbocycles. The minimum atomic E-state index is -3.98. The third kappa shape index (κ3) is 3.37. The van der Waals surface area contributed by atoms with Gasteiger partial charge in [0.25, 0.3) is 5.91 Å². The molecule has 1 heterocycles. The molecule has 8 heteroatoms. The Hall–Kier alpha value is -1.41. The van der Waals surface area contributed by atoms with E-state index in [9.17, 15) is 13.2 Å². The minimum absolute atomic E-state index is 0.00916. The maximum atomic E-state index is 12.1. The van der Waals surface area contributed by atoms with Crippen LogP contribution in [0, 0.1) is 5.92 Å². The second-order valence-electron chi connectivity index (χ2n) is 5.33. The Morgan fingerprint density at radius 2 is 2.20 bits per heavy atom. The lowest BCUT2D eigenvalue weighted by Gasteiger charge is -2.12. The zero-order valence-electron chi connectivity index (χ0n) is 11.6. The summed E-state index contributed by atoms with van der Waals surface area (Å²) in [4.78, 5) is 11.9. The van der Waals surface area contributed by atoms with Gasteiger partial charge in [0.15, 0.2) is 5.69 Å². The molecule has 1 aromatic heterocycles. The summed E-state index contributed by atoms with van der Waals surface area (Å²) in [6, 6.07) is -0.00916. The van der Waals surface area contributed by atoms with Crippen LogP contribution in [0.1, 0.15) is 49.3 Å². The van der Waals surface area contributed by atoms with E-state index in [0.717, 1.165) is 6.42 Å². The number of sulfonamides is 1. The van der Waals surface area contributed by atoms with E-state index in [0.29, 0.717) is 18.0 Å². The molecule has 0 radical (unpaired) electrons. The predicted octanol–water partition coefficient (Wildman–Crippen LogP) is 0.538. The van der Waals surface area contributed by atoms with Gasteiger partial charge in [0, 0.05) is 6.04 Å². The van der Waals surface area contributed by atoms with Crippen LogP contribution in [0.15, 0.2) is 4.90 Å². The number of aromatic nitrogens is 2. The molecule has 7 nitrogen and oxygen atoms in total. The highest BCUT2D eigenvalue weighted by molar-refractivity contribution is 7.89. The molecule has 1 amide bonds. The van der Waals surface area contributed by atoms with E-state index in [4.69, 9.17) is 5.14 Å². The van der Waals surface area contributed by atoms with Crippen molar-refractivity contribution in [2.75, 3.05) is 0 Å². The molecule has 1 unspecified atom stereocenters. The largest absolute Gasteiger partial charge is 0.348 e. The monoisotopic (exact) mass is 300 g/mol. The fourth-order valence-corrected chi connectivity index (χ4v) is 3.21. The SMILES string of the molecule is CCc1[nH]nc(C(=O)NC(C)CC2CC2)c1S(N)(=O)=O. The lowest BCUT2D eigenvalue weighted by Crippen LogP contribution is -2.34. The van der Waals surface area contributed by atoms with Gasteiger partial charge in [0.05, 0.1) is 5.69 Å². The lowest BCUT2D eigenvalue weighted by molar-refractivity contribution is 0.0929. The highest BCUT2D eigenvalue weighted by Crippen LogP contribution is 2.33. The Bertz CT molecular complexity index is 604. The second kappa shape index (κ2) is 5.53. The molecule has 1 fully saturated rings. The Morgan fingerprint density at radius 3 is 2.70 bits per heavy atom. The van der Waals surface area contributed by atoms with Crippen molar-refractivity contribution in [3.8, 4) is 0 Å². The van der Waals surface area contributed by atoms with Crippen molar-refractivity contribution < 1.29 is 13.2 Å². The summed E-state index contributed by atoms with van der Waals surface area (Å²) < 4.78 is 23.2. The van der Waals surface area contributed by atoms with E-state index in [1.54, 1.807) is 6.92 Å². The summed E-state index contributed by atoms with van der Waals surface area (Å²) in [5.41, 5.74) is 0.208. The number of aromatic amines is 1. The van der Waals surface area contributed by atoms with Crippen LogP contribution >= 0.6 is 0 Å². The molecule has 112 valence electrons. The first-order valence-corrected chi connectivity index (χ1v) is 8.28. The van der Waals surface area contributed by atoms with Crippen LogP contribution in [0.25, 0.3) is 0 Å². The van der Waals surface area contributed by atoms with Gasteiger partial charge in [-0.05, 0) is 25.7 Å². The average molecular weight is 300 g/mol. The molecule has 0 saturated heterocycles. The van der Waals surface area contributed by atoms with E-state index in [1.165, 1.54) is 12.8 Å². The van der Waals surface area contributed by atoms with E-state index in [-0.39, 0.29) is 16.6 Å². The highest BCUT2D eigenvalue weighted by atomic mass is 32.2. The van der Waals surface area contributed by atoms with Crippen LogP contribution in [0.2, 0.25) is 0 Å². The molecule has 0 aromatic carbocycles. The Labute approximate surface area is 118 Å². The van der Waals surface area contributed by atoms with Crippen molar-refractivity contribution in [1.82, 2.24) is 15.5 Å². The quantitative estimate of drug-likeness (QED) is 0.710. The number of carbonyl (C=O) groups is 1. The maximum absolute atomic E-state index is 12.1. The van der Waals surface area contributed by atoms with Crippen LogP contribution in [-0.2, 0) is 16.4 Å². The third-order valence-electron chi connectivity index (χ3n) is 3.41. The van der Waals surface area contributed by atoms with Gasteiger partial charge in [-0.15, -0.1) is 0 Å². The molecule has 1 saturated carbocycles. The number of nitrogens with one attached hydrogen (secondary N) is 2. The van der Waals surface area contributed by atoms with Crippen LogP contribution in [0.3, 0.4) is 0 Å². The van der Waals surface area contributed by atoms with E-state index >= 15 is 0 Å². The molecule has 0 bridgehead atoms. The molecule has 1 atom stereocenters. The first kappa shape index (κ1) is 15.0. The van der Waals surface area contributed by atoms with Gasteiger partial charge in [-0.25, -0.2) is 13.6 Å².